The van der Waals surface area contributed by atoms with Gasteiger partial charge in [0.05, 0.1) is 16.7 Å². The van der Waals surface area contributed by atoms with Crippen molar-refractivity contribution in [1.82, 2.24) is 15.0 Å². The molecule has 2 heterocycles. The van der Waals surface area contributed by atoms with Crippen molar-refractivity contribution in [2.45, 2.75) is 26.8 Å². The van der Waals surface area contributed by atoms with Crippen molar-refractivity contribution < 1.29 is 9.90 Å². The molecule has 1 atom stereocenters. The first-order valence-electron chi connectivity index (χ1n) is 5.73. The highest BCUT2D eigenvalue weighted by Crippen LogP contribution is 2.27. The number of rotatable bonds is 4. The molecule has 2 aromatic heterocycles. The number of carbonyl (C=O) groups is 1. The van der Waals surface area contributed by atoms with Crippen molar-refractivity contribution in [3.8, 4) is 0 Å². The average Bonchev–Trinajstić information content (AvgIpc) is 2.69. The van der Waals surface area contributed by atoms with Crippen LogP contribution in [0.4, 0.5) is 5.82 Å². The van der Waals surface area contributed by atoms with E-state index in [0.717, 1.165) is 15.6 Å². The third-order valence-electron chi connectivity index (χ3n) is 2.59. The number of nitrogens with one attached hydrogen (secondary N) is 1. The summed E-state index contributed by atoms with van der Waals surface area (Å²) in [5.74, 6) is -0.826. The van der Waals surface area contributed by atoms with Crippen molar-refractivity contribution in [3.63, 3.8) is 0 Å². The molecule has 0 fully saturated rings. The number of nitrogens with zero attached hydrogens (tertiary/aromatic N) is 3. The standard InChI is InChI=1S/C12H14N4O2S/c1-6-10(19-8(3)15-6)7(2)16-11-9(12(17)18)13-4-5-14-11/h4-5,7H,1-3H3,(H,14,16)(H,17,18). The van der Waals surface area contributed by atoms with Crippen LogP contribution in [-0.4, -0.2) is 26.0 Å². The van der Waals surface area contributed by atoms with E-state index >= 15 is 0 Å². The van der Waals surface area contributed by atoms with E-state index in [4.69, 9.17) is 5.11 Å². The van der Waals surface area contributed by atoms with Gasteiger partial charge >= 0.3 is 5.97 Å². The lowest BCUT2D eigenvalue weighted by Gasteiger charge is -2.14. The Bertz CT molecular complexity index is 612. The van der Waals surface area contributed by atoms with Crippen LogP contribution in [0.25, 0.3) is 0 Å². The molecule has 0 aliphatic rings. The van der Waals surface area contributed by atoms with E-state index < -0.39 is 5.97 Å². The molecule has 7 heteroatoms. The Hall–Kier alpha value is -2.02. The van der Waals surface area contributed by atoms with Gasteiger partial charge in [-0.3, -0.25) is 0 Å². The molecule has 2 N–H and O–H groups in total. The fourth-order valence-electron chi connectivity index (χ4n) is 1.82. The van der Waals surface area contributed by atoms with E-state index in [1.807, 2.05) is 20.8 Å². The number of aromatic carboxylic acids is 1. The summed E-state index contributed by atoms with van der Waals surface area (Å²) >= 11 is 1.59. The van der Waals surface area contributed by atoms with E-state index in [-0.39, 0.29) is 17.6 Å². The SMILES string of the molecule is Cc1nc(C)c(C(C)Nc2nccnc2C(=O)O)s1. The molecule has 0 spiro atoms. The Labute approximate surface area is 114 Å². The van der Waals surface area contributed by atoms with Crippen molar-refractivity contribution >= 4 is 23.1 Å². The Morgan fingerprint density at radius 2 is 2.05 bits per heavy atom. The van der Waals surface area contributed by atoms with E-state index in [1.165, 1.54) is 12.4 Å². The molecule has 2 aromatic rings. The quantitative estimate of drug-likeness (QED) is 0.893. The van der Waals surface area contributed by atoms with Gasteiger partial charge in [0, 0.05) is 17.3 Å². The van der Waals surface area contributed by atoms with E-state index in [9.17, 15) is 4.79 Å². The van der Waals surface area contributed by atoms with Crippen LogP contribution in [0.15, 0.2) is 12.4 Å². The number of anilines is 1. The van der Waals surface area contributed by atoms with Crippen LogP contribution in [0.3, 0.4) is 0 Å². The van der Waals surface area contributed by atoms with Gasteiger partial charge in [-0.25, -0.2) is 19.7 Å². The van der Waals surface area contributed by atoms with E-state index in [2.05, 4.69) is 20.3 Å². The number of carboxylic acids is 1. The molecule has 0 amide bonds. The van der Waals surface area contributed by atoms with Gasteiger partial charge < -0.3 is 10.4 Å². The molecule has 100 valence electrons. The third kappa shape index (κ3) is 2.87. The first-order valence-corrected chi connectivity index (χ1v) is 6.55. The number of hydrogen-bond acceptors (Lipinski definition) is 6. The largest absolute Gasteiger partial charge is 0.476 e. The van der Waals surface area contributed by atoms with E-state index in [1.54, 1.807) is 11.3 Å². The summed E-state index contributed by atoms with van der Waals surface area (Å²) in [6.45, 7) is 5.82. The molecule has 0 aliphatic heterocycles. The molecular weight excluding hydrogens is 264 g/mol. The Balaban J connectivity index is 2.26. The van der Waals surface area contributed by atoms with Crippen molar-refractivity contribution in [2.75, 3.05) is 5.32 Å². The van der Waals surface area contributed by atoms with Gasteiger partial charge in [0.15, 0.2) is 11.5 Å². The summed E-state index contributed by atoms with van der Waals surface area (Å²) in [5.41, 5.74) is 0.872. The highest BCUT2D eigenvalue weighted by molar-refractivity contribution is 7.11. The highest BCUT2D eigenvalue weighted by atomic mass is 32.1. The maximum atomic E-state index is 11.1. The van der Waals surface area contributed by atoms with Gasteiger partial charge in [-0.2, -0.15) is 0 Å². The van der Waals surface area contributed by atoms with Gasteiger partial charge in [-0.05, 0) is 20.8 Å². The maximum absolute atomic E-state index is 11.1. The van der Waals surface area contributed by atoms with Crippen LogP contribution >= 0.6 is 11.3 Å². The topological polar surface area (TPSA) is 88.0 Å². The van der Waals surface area contributed by atoms with Crippen LogP contribution in [-0.2, 0) is 0 Å². The lowest BCUT2D eigenvalue weighted by molar-refractivity contribution is 0.0691. The molecule has 0 saturated heterocycles. The number of carboxylic acid groups (broad SMARTS) is 1. The Morgan fingerprint density at radius 1 is 1.37 bits per heavy atom. The third-order valence-corrected chi connectivity index (χ3v) is 3.84. The Morgan fingerprint density at radius 3 is 2.63 bits per heavy atom. The second-order valence-corrected chi connectivity index (χ2v) is 5.34. The van der Waals surface area contributed by atoms with Crippen molar-refractivity contribution in [1.29, 1.82) is 0 Å². The second-order valence-electron chi connectivity index (χ2n) is 4.11. The minimum atomic E-state index is -1.10. The zero-order chi connectivity index (χ0) is 14.0. The normalized spacial score (nSPS) is 12.2. The molecule has 6 nitrogen and oxygen atoms in total. The molecule has 0 radical (unpaired) electrons. The summed E-state index contributed by atoms with van der Waals surface area (Å²) in [7, 11) is 0. The predicted octanol–water partition coefficient (Wildman–Crippen LogP) is 2.42. The number of hydrogen-bond donors (Lipinski definition) is 2. The van der Waals surface area contributed by atoms with E-state index in [0.29, 0.717) is 0 Å². The minimum absolute atomic E-state index is 0.0685. The van der Waals surface area contributed by atoms with Gasteiger partial charge in [-0.15, -0.1) is 11.3 Å². The number of aryl methyl sites for hydroxylation is 2. The smallest absolute Gasteiger partial charge is 0.358 e. The van der Waals surface area contributed by atoms with Gasteiger partial charge in [0.2, 0.25) is 0 Å². The van der Waals surface area contributed by atoms with Crippen LogP contribution in [0, 0.1) is 13.8 Å². The lowest BCUT2D eigenvalue weighted by Crippen LogP contribution is -2.13. The average molecular weight is 278 g/mol. The van der Waals surface area contributed by atoms with Gasteiger partial charge in [-0.1, -0.05) is 0 Å². The molecule has 2 rings (SSSR count). The van der Waals surface area contributed by atoms with Crippen LogP contribution < -0.4 is 5.32 Å². The molecule has 0 saturated carbocycles. The maximum Gasteiger partial charge on any atom is 0.358 e. The zero-order valence-electron chi connectivity index (χ0n) is 10.8. The summed E-state index contributed by atoms with van der Waals surface area (Å²) < 4.78 is 0. The molecular formula is C12H14N4O2S. The number of aromatic nitrogens is 3. The van der Waals surface area contributed by atoms with Crippen molar-refractivity contribution in [2.24, 2.45) is 0 Å². The fraction of sp³-hybridized carbons (Fsp3) is 0.333. The molecule has 0 bridgehead atoms. The van der Waals surface area contributed by atoms with Crippen LogP contribution in [0.2, 0.25) is 0 Å². The predicted molar refractivity (Wildman–Crippen MR) is 72.6 cm³/mol. The summed E-state index contributed by atoms with van der Waals surface area (Å²) in [6, 6.07) is -0.0685. The zero-order valence-corrected chi connectivity index (χ0v) is 11.7. The second kappa shape index (κ2) is 5.31. The summed E-state index contributed by atoms with van der Waals surface area (Å²) in [6.07, 6.45) is 2.83. The number of thiazole rings is 1. The molecule has 0 aliphatic carbocycles. The summed E-state index contributed by atoms with van der Waals surface area (Å²) in [5, 5.41) is 13.1. The van der Waals surface area contributed by atoms with Gasteiger partial charge in [0.25, 0.3) is 0 Å². The highest BCUT2D eigenvalue weighted by Gasteiger charge is 2.18. The first-order chi connectivity index (χ1) is 8.99. The monoisotopic (exact) mass is 278 g/mol. The van der Waals surface area contributed by atoms with Crippen LogP contribution in [0.1, 0.15) is 39.0 Å². The molecule has 1 unspecified atom stereocenters. The first kappa shape index (κ1) is 13.4. The minimum Gasteiger partial charge on any atom is -0.476 e. The Kier molecular flexibility index (Phi) is 3.75. The fourth-order valence-corrected chi connectivity index (χ4v) is 2.75. The lowest BCUT2D eigenvalue weighted by atomic mass is 10.2. The van der Waals surface area contributed by atoms with Crippen LogP contribution in [0.5, 0.6) is 0 Å². The van der Waals surface area contributed by atoms with Gasteiger partial charge in [0.1, 0.15) is 0 Å². The molecule has 19 heavy (non-hydrogen) atoms. The summed E-state index contributed by atoms with van der Waals surface area (Å²) in [4.78, 5) is 24.3. The van der Waals surface area contributed by atoms with Crippen molar-refractivity contribution in [3.05, 3.63) is 33.7 Å². The molecule has 0 aromatic carbocycles.